The van der Waals surface area contributed by atoms with Gasteiger partial charge in [-0.05, 0) is 50.2 Å². The molecule has 4 heteroatoms. The van der Waals surface area contributed by atoms with Gasteiger partial charge in [0.05, 0.1) is 7.92 Å². The van der Waals surface area contributed by atoms with Crippen LogP contribution in [0.1, 0.15) is 29.1 Å². The minimum absolute atomic E-state index is 0. The zero-order chi connectivity index (χ0) is 22.1. The smallest absolute Gasteiger partial charge is 0.318 e. The first-order chi connectivity index (χ1) is 15.1. The number of carbonyl (C=O) groups excluding carboxylic acids is 1. The number of cyclic esters (lactones) is 1. The predicted octanol–water partition coefficient (Wildman–Crippen LogP) is 5.29. The molecule has 0 N–H and O–H groups in total. The Balaban J connectivity index is 0.000000342. The van der Waals surface area contributed by atoms with Gasteiger partial charge in [0.25, 0.3) is 0 Å². The van der Waals surface area contributed by atoms with E-state index in [0.717, 1.165) is 5.57 Å². The monoisotopic (exact) mass is 630 g/mol. The van der Waals surface area contributed by atoms with Crippen LogP contribution in [-0.2, 0) is 31.5 Å². The van der Waals surface area contributed by atoms with E-state index < -0.39 is 7.92 Å². The Hall–Kier alpha value is -1.96. The fraction of sp³-hybridized carbons (Fsp3) is 0.250. The van der Waals surface area contributed by atoms with Gasteiger partial charge >= 0.3 is 5.97 Å². The van der Waals surface area contributed by atoms with Gasteiger partial charge in [0.1, 0.15) is 21.5 Å². The summed E-state index contributed by atoms with van der Waals surface area (Å²) in [6.07, 6.45) is 3.30. The minimum Gasteiger partial charge on any atom is -0.318 e. The number of rotatable bonds is 5. The van der Waals surface area contributed by atoms with Crippen molar-refractivity contribution in [3.63, 3.8) is 0 Å². The van der Waals surface area contributed by atoms with Crippen molar-refractivity contribution in [3.8, 4) is 0 Å². The Morgan fingerprint density at radius 2 is 1.25 bits per heavy atom. The molecule has 0 spiro atoms. The molecule has 3 aromatic carbocycles. The Bertz CT molecular complexity index is 898. The number of ether oxygens (including phenoxy) is 1. The van der Waals surface area contributed by atoms with E-state index in [1.807, 2.05) is 13.8 Å². The van der Waals surface area contributed by atoms with Gasteiger partial charge in [-0.15, -0.1) is 0 Å². The maximum atomic E-state index is 5.52. The molecule has 0 saturated heterocycles. The Kier molecular flexibility index (Phi) is 11.1. The summed E-state index contributed by atoms with van der Waals surface area (Å²) < 4.78 is 10.8. The van der Waals surface area contributed by atoms with Gasteiger partial charge in [0.15, 0.2) is 6.61 Å². The third-order valence-electron chi connectivity index (χ3n) is 4.97. The van der Waals surface area contributed by atoms with Crippen LogP contribution in [0.25, 0.3) is 0 Å². The summed E-state index contributed by atoms with van der Waals surface area (Å²) in [5.74, 6) is 1.11. The fourth-order valence-corrected chi connectivity index (χ4v) is 5.97. The topological polar surface area (TPSA) is 20.5 Å². The molecule has 1 unspecified atom stereocenters. The Morgan fingerprint density at radius 3 is 1.56 bits per heavy atom. The van der Waals surface area contributed by atoms with Crippen molar-refractivity contribution in [1.82, 2.24) is 0 Å². The summed E-state index contributed by atoms with van der Waals surface area (Å²) in [5.41, 5.74) is 0.996. The number of benzene rings is 3. The number of esters is 1. The quantitative estimate of drug-likeness (QED) is 0.163. The second-order valence-electron chi connectivity index (χ2n) is 7.75. The van der Waals surface area contributed by atoms with E-state index in [4.69, 9.17) is 9.16 Å². The van der Waals surface area contributed by atoms with E-state index in [9.17, 15) is 0 Å². The molecule has 0 bridgehead atoms. The second-order valence-corrected chi connectivity index (χ2v) is 10.2. The molecule has 1 heterocycles. The van der Waals surface area contributed by atoms with Gasteiger partial charge in [0.2, 0.25) is 6.10 Å². The summed E-state index contributed by atoms with van der Waals surface area (Å²) in [7, 11) is -0.877. The van der Waals surface area contributed by atoms with Crippen LogP contribution in [0.5, 0.6) is 0 Å². The van der Waals surface area contributed by atoms with E-state index in [0.29, 0.717) is 18.5 Å². The molecule has 0 saturated carbocycles. The van der Waals surface area contributed by atoms with Crippen molar-refractivity contribution in [2.45, 2.75) is 33.8 Å². The molecule has 3 aromatic rings. The first kappa shape index (κ1) is 26.3. The molecule has 2 radical (unpaired) electrons. The minimum atomic E-state index is -0.877. The van der Waals surface area contributed by atoms with Gasteiger partial charge < -0.3 is 9.16 Å². The van der Waals surface area contributed by atoms with Crippen molar-refractivity contribution < 1.29 is 33.0 Å². The first-order valence-corrected chi connectivity index (χ1v) is 12.4. The number of hydrogen-bond acceptors (Lipinski definition) is 1. The molecule has 0 fully saturated rings. The van der Waals surface area contributed by atoms with Crippen LogP contribution in [-0.4, -0.2) is 18.7 Å². The number of hydrogen-bond donors (Lipinski definition) is 0. The molecular weight excluding hydrogens is 596 g/mol. The van der Waals surface area contributed by atoms with Crippen molar-refractivity contribution in [2.24, 2.45) is 5.92 Å². The molecule has 2 nitrogen and oxygen atoms in total. The second kappa shape index (κ2) is 13.6. The van der Waals surface area contributed by atoms with Crippen molar-refractivity contribution >= 4 is 29.8 Å². The van der Waals surface area contributed by atoms with Crippen LogP contribution < -0.4 is 15.9 Å². The summed E-state index contributed by atoms with van der Waals surface area (Å²) in [6, 6.07) is 32.5. The molecular formula is C28H34AuO2P+2. The largest absolute Gasteiger partial charge is 0.516 e. The fourth-order valence-electron chi connectivity index (χ4n) is 3.40. The molecule has 1 aliphatic heterocycles. The van der Waals surface area contributed by atoms with E-state index >= 15 is 0 Å². The van der Waals surface area contributed by atoms with Crippen LogP contribution in [0.2, 0.25) is 0 Å². The SMILES string of the molecule is CC[O+]=C1OC(C(C)C)[C]=C1C.[Au].[HH].c1ccc([PH+](c2ccccc2)c2ccccc2)cc1. The van der Waals surface area contributed by atoms with Crippen molar-refractivity contribution in [2.75, 3.05) is 6.61 Å². The summed E-state index contributed by atoms with van der Waals surface area (Å²) in [5, 5.41) is 4.31. The van der Waals surface area contributed by atoms with E-state index in [1.54, 1.807) is 0 Å². The van der Waals surface area contributed by atoms with Gasteiger partial charge in [0, 0.05) is 35.8 Å². The average Bonchev–Trinajstić information content (AvgIpc) is 3.18. The maximum Gasteiger partial charge on any atom is 0.516 e. The molecule has 32 heavy (non-hydrogen) atoms. The van der Waals surface area contributed by atoms with Gasteiger partial charge in [-0.2, -0.15) is 0 Å². The zero-order valence-corrected chi connectivity index (χ0v) is 22.3. The van der Waals surface area contributed by atoms with Gasteiger partial charge in [-0.25, -0.2) is 0 Å². The maximum absolute atomic E-state index is 5.52. The van der Waals surface area contributed by atoms with E-state index in [-0.39, 0.29) is 29.9 Å². The molecule has 0 amide bonds. The van der Waals surface area contributed by atoms with E-state index in [1.165, 1.54) is 15.9 Å². The Morgan fingerprint density at radius 1 is 0.844 bits per heavy atom. The van der Waals surface area contributed by atoms with E-state index in [2.05, 4.69) is 111 Å². The molecule has 172 valence electrons. The van der Waals surface area contributed by atoms with Crippen molar-refractivity contribution in [3.05, 3.63) is 103 Å². The first-order valence-electron chi connectivity index (χ1n) is 10.9. The average molecular weight is 631 g/mol. The zero-order valence-electron chi connectivity index (χ0n) is 19.1. The molecule has 0 aliphatic carbocycles. The summed E-state index contributed by atoms with van der Waals surface area (Å²) in [4.78, 5) is 0. The van der Waals surface area contributed by atoms with Crippen LogP contribution in [0.3, 0.4) is 0 Å². The van der Waals surface area contributed by atoms with Crippen LogP contribution in [0, 0.1) is 12.0 Å². The predicted molar refractivity (Wildman–Crippen MR) is 136 cm³/mol. The molecule has 1 aliphatic rings. The molecule has 1 atom stereocenters. The van der Waals surface area contributed by atoms with Gasteiger partial charge in [-0.3, -0.25) is 0 Å². The third kappa shape index (κ3) is 7.29. The van der Waals surface area contributed by atoms with Crippen LogP contribution in [0.4, 0.5) is 0 Å². The van der Waals surface area contributed by atoms with Crippen LogP contribution >= 0.6 is 7.92 Å². The van der Waals surface area contributed by atoms with Crippen LogP contribution in [0.15, 0.2) is 96.6 Å². The van der Waals surface area contributed by atoms with Crippen molar-refractivity contribution in [1.29, 1.82) is 0 Å². The summed E-state index contributed by atoms with van der Waals surface area (Å²) in [6.45, 7) is 8.79. The Labute approximate surface area is 211 Å². The summed E-state index contributed by atoms with van der Waals surface area (Å²) >= 11 is 0. The standard InChI is InChI=1S/C18H15P.C10H16O2.Au.H2/c1-4-10-16(11-5-1)19(17-12-6-2-7-13-17)18-14-8-3-9-15-18;1-5-11-10-8(4)6-9(12-10)7(2)3;;/h1-15H;7,9H,5H2,1-4H3;;1H/q;+1;;/p+1. The normalized spacial score (nSPS) is 16.1. The molecule has 0 aromatic heterocycles. The molecule has 4 rings (SSSR count). The third-order valence-corrected chi connectivity index (χ3v) is 7.70. The van der Waals surface area contributed by atoms with Gasteiger partial charge in [-0.1, -0.05) is 68.4 Å².